The van der Waals surface area contributed by atoms with Crippen molar-refractivity contribution in [1.29, 1.82) is 0 Å². The molecule has 4 aromatic rings. The van der Waals surface area contributed by atoms with Gasteiger partial charge in [0.2, 0.25) is 23.6 Å². The molecule has 1 fully saturated rings. The third-order valence-electron chi connectivity index (χ3n) is 19.5. The molecule has 8 amide bonds. The molecule has 4 atom stereocenters. The van der Waals surface area contributed by atoms with Gasteiger partial charge in [0.25, 0.3) is 23.6 Å². The Morgan fingerprint density at radius 3 is 1.41 bits per heavy atom. The van der Waals surface area contributed by atoms with Crippen LogP contribution in [0.2, 0.25) is 0 Å². The van der Waals surface area contributed by atoms with Gasteiger partial charge in [0, 0.05) is 125 Å². The Labute approximate surface area is 659 Å². The molecule has 31 nitrogen and oxygen atoms in total. The highest BCUT2D eigenvalue weighted by atomic mass is 16.6. The van der Waals surface area contributed by atoms with Crippen molar-refractivity contribution in [3.8, 4) is 23.0 Å². The molecule has 4 N–H and O–H groups in total. The molecule has 6 heterocycles. The standard InChI is InChI=1S/C82H107N11O20/c1-56(2)78(88-75(95)21-30-104-32-34-106-36-38-108-40-42-110-44-45-111-43-41-109-39-37-107-35-33-105-31-22-83-74(94)20-23-91-76(96)18-19-77(91)97)80(99)86-57(3)79(98)87-62-14-10-58(11-15-62)60-46-64-52-84-68-50-72(70(102-5)48-66(68)81(100)92(64)54-60)112-28-8-7-9-29-113-73-51-69-67(49-71(73)103-6)82(101)93-55-61(47-65(93)53-85-69)59-12-16-63(17-13-59)90-26-24-89(4)25-27-90/h10-19,48-57,64-65,78H,7-9,20-47H2,1-6H3,(H,83,94)(H,86,99)(H,87,98)(H,88,95)/t57-,64-,65?,78?/m0/s1. The number of carbonyl (C=O) groups excluding carboxylic acids is 8. The van der Waals surface area contributed by atoms with Gasteiger partial charge >= 0.3 is 0 Å². The van der Waals surface area contributed by atoms with Gasteiger partial charge in [-0.25, -0.2) is 0 Å². The summed E-state index contributed by atoms with van der Waals surface area (Å²) in [6, 6.07) is 20.4. The maximum Gasteiger partial charge on any atom is 0.260 e. The van der Waals surface area contributed by atoms with E-state index in [0.717, 1.165) is 66.2 Å². The molecular weight excluding hydrogens is 1460 g/mol. The third kappa shape index (κ3) is 25.5. The number of nitrogens with zero attached hydrogens (tertiary/aromatic N) is 7. The second-order valence-electron chi connectivity index (χ2n) is 28.0. The van der Waals surface area contributed by atoms with Crippen LogP contribution in [0.25, 0.3) is 11.1 Å². The molecule has 0 aromatic heterocycles. The van der Waals surface area contributed by atoms with Crippen LogP contribution >= 0.6 is 0 Å². The molecule has 4 aromatic carbocycles. The van der Waals surface area contributed by atoms with E-state index in [4.69, 9.17) is 66.8 Å². The second-order valence-corrected chi connectivity index (χ2v) is 28.0. The molecule has 10 rings (SSSR count). The van der Waals surface area contributed by atoms with Gasteiger partial charge in [-0.2, -0.15) is 0 Å². The first-order chi connectivity index (χ1) is 54.9. The number of anilines is 2. The number of unbranched alkanes of at least 4 members (excludes halogenated alkanes) is 2. The molecular formula is C82H107N11O20. The van der Waals surface area contributed by atoms with Gasteiger partial charge in [-0.1, -0.05) is 38.1 Å². The highest BCUT2D eigenvalue weighted by Gasteiger charge is 2.36. The van der Waals surface area contributed by atoms with Crippen LogP contribution in [0.4, 0.5) is 22.7 Å². The van der Waals surface area contributed by atoms with Crippen LogP contribution in [0, 0.1) is 5.92 Å². The molecule has 31 heteroatoms. The Balaban J connectivity index is 0.535. The van der Waals surface area contributed by atoms with E-state index in [2.05, 4.69) is 62.4 Å². The average Bonchev–Trinajstić information content (AvgIpc) is 1.45. The number of carbonyl (C=O) groups is 8. The normalized spacial score (nSPS) is 16.9. The van der Waals surface area contributed by atoms with Crippen LogP contribution in [-0.4, -0.2) is 283 Å². The first-order valence-electron chi connectivity index (χ1n) is 38.8. The number of piperazine rings is 1. The number of hydrogen-bond acceptors (Lipinski definition) is 24. The summed E-state index contributed by atoms with van der Waals surface area (Å²) in [5.74, 6) is -1.27. The van der Waals surface area contributed by atoms with E-state index in [1.165, 1.54) is 24.9 Å². The summed E-state index contributed by atoms with van der Waals surface area (Å²) in [6.45, 7) is 16.0. The number of aliphatic imine (C=N–C) groups is 2. The van der Waals surface area contributed by atoms with Crippen molar-refractivity contribution in [2.24, 2.45) is 15.9 Å². The number of rotatable bonds is 49. The second kappa shape index (κ2) is 44.5. The number of likely N-dealkylation sites (N-methyl/N-ethyl adjacent to an activating group) is 1. The molecule has 6 aliphatic heterocycles. The average molecular weight is 1570 g/mol. The minimum Gasteiger partial charge on any atom is -0.493 e. The number of amides is 8. The van der Waals surface area contributed by atoms with Crippen molar-refractivity contribution in [3.05, 3.63) is 120 Å². The number of benzene rings is 4. The van der Waals surface area contributed by atoms with Crippen molar-refractivity contribution in [1.82, 2.24) is 35.6 Å². The molecule has 0 saturated carbocycles. The molecule has 0 bridgehead atoms. The summed E-state index contributed by atoms with van der Waals surface area (Å²) in [4.78, 5) is 122. The van der Waals surface area contributed by atoms with E-state index >= 15 is 0 Å². The smallest absolute Gasteiger partial charge is 0.260 e. The van der Waals surface area contributed by atoms with Crippen molar-refractivity contribution in [2.45, 2.75) is 89.9 Å². The van der Waals surface area contributed by atoms with Gasteiger partial charge in [-0.05, 0) is 97.8 Å². The maximum atomic E-state index is 14.2. The Hall–Kier alpha value is -9.96. The van der Waals surface area contributed by atoms with E-state index in [-0.39, 0.29) is 74.2 Å². The van der Waals surface area contributed by atoms with Crippen molar-refractivity contribution in [3.63, 3.8) is 0 Å². The fraction of sp³-hybridized carbons (Fsp3) is 0.512. The molecule has 6 aliphatic rings. The monoisotopic (exact) mass is 1570 g/mol. The van der Waals surface area contributed by atoms with Gasteiger partial charge in [-0.15, -0.1) is 0 Å². The lowest BCUT2D eigenvalue weighted by atomic mass is 10.0. The number of nitrogens with one attached hydrogen (secondary N) is 4. The third-order valence-corrected chi connectivity index (χ3v) is 19.5. The van der Waals surface area contributed by atoms with Gasteiger partial charge in [0.15, 0.2) is 23.0 Å². The van der Waals surface area contributed by atoms with E-state index in [1.54, 1.807) is 80.3 Å². The molecule has 0 spiro atoms. The van der Waals surface area contributed by atoms with Crippen molar-refractivity contribution >= 4 is 93.6 Å². The fourth-order valence-corrected chi connectivity index (χ4v) is 13.0. The number of imide groups is 1. The highest BCUT2D eigenvalue weighted by Crippen LogP contribution is 2.42. The molecule has 1 saturated heterocycles. The number of hydrogen-bond donors (Lipinski definition) is 4. The van der Waals surface area contributed by atoms with Crippen LogP contribution in [-0.2, 0) is 66.7 Å². The van der Waals surface area contributed by atoms with Gasteiger partial charge < -0.3 is 97.7 Å². The summed E-state index contributed by atoms with van der Waals surface area (Å²) in [5, 5.41) is 11.0. The van der Waals surface area contributed by atoms with Crippen LogP contribution < -0.4 is 45.1 Å². The van der Waals surface area contributed by atoms with E-state index in [9.17, 15) is 38.4 Å². The topological polar surface area (TPSA) is 336 Å². The SMILES string of the molecule is COc1cc2c(cc1OCCCCCOc1cc3c(cc1OC)C(=O)N1C=C(c4ccc(NC(=O)[C@H](C)NC(=O)C(NC(=O)CCOCCOCCOCCOCCOCCOCCOCCOCCNC(=O)CCN5C(=O)C=CC5=O)C(C)C)cc4)C[C@H]1C=N3)N=CC1CC(c3ccc(N4CCN(C)CC4)cc3)=CN1C2=O. The lowest BCUT2D eigenvalue weighted by molar-refractivity contribution is -0.137. The van der Waals surface area contributed by atoms with Gasteiger partial charge in [0.1, 0.15) is 12.1 Å². The largest absolute Gasteiger partial charge is 0.493 e. The van der Waals surface area contributed by atoms with E-state index in [0.29, 0.717) is 183 Å². The Morgan fingerprint density at radius 1 is 0.496 bits per heavy atom. The predicted molar refractivity (Wildman–Crippen MR) is 422 cm³/mol. The quantitative estimate of drug-likeness (QED) is 0.0268. The molecule has 610 valence electrons. The summed E-state index contributed by atoms with van der Waals surface area (Å²) < 4.78 is 68.0. The fourth-order valence-electron chi connectivity index (χ4n) is 13.0. The first-order valence-corrected chi connectivity index (χ1v) is 38.8. The zero-order chi connectivity index (χ0) is 79.9. The van der Waals surface area contributed by atoms with Gasteiger partial charge in [0.05, 0.1) is 168 Å². The highest BCUT2D eigenvalue weighted by molar-refractivity contribution is 6.13. The first kappa shape index (κ1) is 85.5. The molecule has 113 heavy (non-hydrogen) atoms. The molecule has 2 unspecified atom stereocenters. The number of fused-ring (bicyclic) bond motifs is 4. The summed E-state index contributed by atoms with van der Waals surface area (Å²) in [5.41, 5.74) is 7.46. The van der Waals surface area contributed by atoms with E-state index < -0.39 is 35.7 Å². The van der Waals surface area contributed by atoms with Crippen LogP contribution in [0.3, 0.4) is 0 Å². The van der Waals surface area contributed by atoms with Crippen molar-refractivity contribution < 1.29 is 95.2 Å². The minimum atomic E-state index is -0.939. The minimum absolute atomic E-state index is 0.0143. The Bertz CT molecular complexity index is 4010. The van der Waals surface area contributed by atoms with Crippen molar-refractivity contribution in [2.75, 3.05) is 190 Å². The van der Waals surface area contributed by atoms with E-state index in [1.807, 2.05) is 30.7 Å². The zero-order valence-electron chi connectivity index (χ0n) is 65.5. The number of ether oxygens (including phenoxy) is 12. The van der Waals surface area contributed by atoms with Crippen LogP contribution in [0.15, 0.2) is 107 Å². The summed E-state index contributed by atoms with van der Waals surface area (Å²) in [7, 11) is 5.25. The summed E-state index contributed by atoms with van der Waals surface area (Å²) in [6.07, 6.45) is 13.2. The van der Waals surface area contributed by atoms with Crippen LogP contribution in [0.1, 0.15) is 97.6 Å². The van der Waals surface area contributed by atoms with Crippen LogP contribution in [0.5, 0.6) is 23.0 Å². The summed E-state index contributed by atoms with van der Waals surface area (Å²) >= 11 is 0. The maximum absolute atomic E-state index is 14.2. The predicted octanol–water partition coefficient (Wildman–Crippen LogP) is 6.56. The number of methoxy groups -OCH3 is 2. The van der Waals surface area contributed by atoms with Gasteiger partial charge in [-0.3, -0.25) is 53.2 Å². The Kier molecular flexibility index (Phi) is 33.6. The lowest BCUT2D eigenvalue weighted by Gasteiger charge is -2.34. The zero-order valence-corrected chi connectivity index (χ0v) is 65.5. The molecule has 0 radical (unpaired) electrons. The molecule has 0 aliphatic carbocycles. The lowest BCUT2D eigenvalue weighted by Crippen LogP contribution is -2.53. The Morgan fingerprint density at radius 2 is 0.947 bits per heavy atom.